The summed E-state index contributed by atoms with van der Waals surface area (Å²) in [7, 11) is 0. The zero-order valence-corrected chi connectivity index (χ0v) is 5.91. The number of carboxylic acids is 1. The molecule has 3 heteroatoms. The summed E-state index contributed by atoms with van der Waals surface area (Å²) in [5.74, 6) is -1.11. The number of hydrogen-bond donors (Lipinski definition) is 1. The number of aliphatic carboxylic acids is 1. The number of rotatable bonds is 2. The Balaban J connectivity index is 2.86. The van der Waals surface area contributed by atoms with Crippen LogP contribution in [0, 0.1) is 0 Å². The van der Waals surface area contributed by atoms with Crippen molar-refractivity contribution in [3.05, 3.63) is 29.8 Å². The molecule has 3 nitrogen and oxygen atoms in total. The van der Waals surface area contributed by atoms with Gasteiger partial charge in [-0.3, -0.25) is 0 Å². The van der Waals surface area contributed by atoms with Gasteiger partial charge in [0.15, 0.2) is 0 Å². The molecule has 0 spiro atoms. The quantitative estimate of drug-likeness (QED) is 0.581. The van der Waals surface area contributed by atoms with Crippen LogP contribution in [-0.4, -0.2) is 5.97 Å². The van der Waals surface area contributed by atoms with Crippen LogP contribution in [0.25, 0.3) is 0 Å². The zero-order chi connectivity index (χ0) is 8.27. The molecule has 0 aliphatic heterocycles. The smallest absolute Gasteiger partial charge is 0.0458 e. The van der Waals surface area contributed by atoms with E-state index in [4.69, 9.17) is 5.73 Å². The highest BCUT2D eigenvalue weighted by Crippen LogP contribution is 2.09. The average molecular weight is 150 g/mol. The monoisotopic (exact) mass is 150 g/mol. The molecular formula is C8H8NO2-. The van der Waals surface area contributed by atoms with Crippen LogP contribution in [0.1, 0.15) is 5.56 Å². The topological polar surface area (TPSA) is 66.2 Å². The first-order chi connectivity index (χ1) is 5.20. The standard InChI is InChI=1S/C8H9NO2/c9-7-4-2-1-3-6(7)5-8(10)11/h1-4H,5,9H2,(H,10,11)/p-1. The van der Waals surface area contributed by atoms with Crippen LogP contribution >= 0.6 is 0 Å². The first-order valence-corrected chi connectivity index (χ1v) is 3.23. The fraction of sp³-hybridized carbons (Fsp3) is 0.125. The Morgan fingerprint density at radius 2 is 2.09 bits per heavy atom. The molecule has 0 aromatic heterocycles. The number of anilines is 1. The molecule has 0 bridgehead atoms. The number of carbonyl (C=O) groups is 1. The minimum absolute atomic E-state index is 0.118. The van der Waals surface area contributed by atoms with Crippen molar-refractivity contribution in [1.29, 1.82) is 0 Å². The molecule has 0 saturated carbocycles. The van der Waals surface area contributed by atoms with Gasteiger partial charge in [0.05, 0.1) is 0 Å². The molecule has 11 heavy (non-hydrogen) atoms. The minimum atomic E-state index is -1.11. The van der Waals surface area contributed by atoms with E-state index in [0.717, 1.165) is 0 Å². The average Bonchev–Trinajstić information content (AvgIpc) is 1.93. The fourth-order valence-corrected chi connectivity index (χ4v) is 0.851. The van der Waals surface area contributed by atoms with Crippen molar-refractivity contribution in [2.75, 3.05) is 5.73 Å². The summed E-state index contributed by atoms with van der Waals surface area (Å²) in [5.41, 5.74) is 6.58. The molecule has 1 aromatic rings. The maximum atomic E-state index is 10.2. The molecular weight excluding hydrogens is 142 g/mol. The van der Waals surface area contributed by atoms with E-state index in [9.17, 15) is 9.90 Å². The Hall–Kier alpha value is -1.51. The van der Waals surface area contributed by atoms with Gasteiger partial charge >= 0.3 is 0 Å². The van der Waals surface area contributed by atoms with Crippen molar-refractivity contribution in [2.24, 2.45) is 0 Å². The number of carboxylic acid groups (broad SMARTS) is 1. The first kappa shape index (κ1) is 7.60. The largest absolute Gasteiger partial charge is 0.550 e. The van der Waals surface area contributed by atoms with Gasteiger partial charge in [-0.1, -0.05) is 18.2 Å². The third-order valence-corrected chi connectivity index (χ3v) is 1.39. The Bertz CT molecular complexity index is 271. The molecule has 1 rings (SSSR count). The van der Waals surface area contributed by atoms with Crippen molar-refractivity contribution in [2.45, 2.75) is 6.42 Å². The summed E-state index contributed by atoms with van der Waals surface area (Å²) in [4.78, 5) is 10.2. The summed E-state index contributed by atoms with van der Waals surface area (Å²) < 4.78 is 0. The van der Waals surface area contributed by atoms with E-state index in [1.807, 2.05) is 0 Å². The van der Waals surface area contributed by atoms with Crippen LogP contribution in [0.4, 0.5) is 5.69 Å². The van der Waals surface area contributed by atoms with Crippen molar-refractivity contribution < 1.29 is 9.90 Å². The third-order valence-electron chi connectivity index (χ3n) is 1.39. The Kier molecular flexibility index (Phi) is 2.11. The highest BCUT2D eigenvalue weighted by Gasteiger charge is 1.95. The van der Waals surface area contributed by atoms with Crippen molar-refractivity contribution >= 4 is 11.7 Å². The Labute approximate surface area is 64.5 Å². The van der Waals surface area contributed by atoms with Gasteiger partial charge in [-0.15, -0.1) is 0 Å². The van der Waals surface area contributed by atoms with E-state index >= 15 is 0 Å². The summed E-state index contributed by atoms with van der Waals surface area (Å²) in [5, 5.41) is 10.2. The van der Waals surface area contributed by atoms with Crippen molar-refractivity contribution in [1.82, 2.24) is 0 Å². The first-order valence-electron chi connectivity index (χ1n) is 3.23. The zero-order valence-electron chi connectivity index (χ0n) is 5.91. The van der Waals surface area contributed by atoms with E-state index in [2.05, 4.69) is 0 Å². The summed E-state index contributed by atoms with van der Waals surface area (Å²) in [6.07, 6.45) is -0.118. The maximum absolute atomic E-state index is 10.2. The second-order valence-corrected chi connectivity index (χ2v) is 2.25. The molecule has 0 aliphatic carbocycles. The van der Waals surface area contributed by atoms with Gasteiger partial charge in [0.2, 0.25) is 0 Å². The van der Waals surface area contributed by atoms with Gasteiger partial charge in [-0.2, -0.15) is 0 Å². The number of nitrogen functional groups attached to an aromatic ring is 1. The maximum Gasteiger partial charge on any atom is 0.0458 e. The number of hydrogen-bond acceptors (Lipinski definition) is 3. The molecule has 0 aliphatic rings. The molecule has 0 amide bonds. The highest BCUT2D eigenvalue weighted by atomic mass is 16.4. The summed E-state index contributed by atoms with van der Waals surface area (Å²) in [6.45, 7) is 0. The van der Waals surface area contributed by atoms with Crippen LogP contribution in [0.2, 0.25) is 0 Å². The van der Waals surface area contributed by atoms with E-state index in [0.29, 0.717) is 11.3 Å². The van der Waals surface area contributed by atoms with Crippen LogP contribution in [0.15, 0.2) is 24.3 Å². The lowest BCUT2D eigenvalue weighted by Crippen LogP contribution is -2.24. The molecule has 0 saturated heterocycles. The molecule has 0 atom stereocenters. The molecule has 58 valence electrons. The van der Waals surface area contributed by atoms with Gasteiger partial charge in [-0.25, -0.2) is 0 Å². The molecule has 0 fully saturated rings. The van der Waals surface area contributed by atoms with E-state index in [1.165, 1.54) is 0 Å². The third kappa shape index (κ3) is 1.97. The van der Waals surface area contributed by atoms with Crippen molar-refractivity contribution in [3.63, 3.8) is 0 Å². The summed E-state index contributed by atoms with van der Waals surface area (Å²) >= 11 is 0. The highest BCUT2D eigenvalue weighted by molar-refractivity contribution is 5.70. The van der Waals surface area contributed by atoms with Crippen LogP contribution in [0.5, 0.6) is 0 Å². The second-order valence-electron chi connectivity index (χ2n) is 2.25. The second kappa shape index (κ2) is 3.05. The lowest BCUT2D eigenvalue weighted by molar-refractivity contribution is -0.304. The molecule has 0 heterocycles. The van der Waals surface area contributed by atoms with E-state index in [-0.39, 0.29) is 6.42 Å². The van der Waals surface area contributed by atoms with Gasteiger partial charge < -0.3 is 15.6 Å². The van der Waals surface area contributed by atoms with Crippen LogP contribution < -0.4 is 10.8 Å². The number of nitrogens with two attached hydrogens (primary N) is 1. The molecule has 1 aromatic carbocycles. The molecule has 2 N–H and O–H groups in total. The van der Waals surface area contributed by atoms with Gasteiger partial charge in [-0.05, 0) is 11.6 Å². The van der Waals surface area contributed by atoms with Crippen LogP contribution in [-0.2, 0) is 11.2 Å². The minimum Gasteiger partial charge on any atom is -0.550 e. The van der Waals surface area contributed by atoms with Gasteiger partial charge in [0.1, 0.15) is 0 Å². The van der Waals surface area contributed by atoms with Crippen molar-refractivity contribution in [3.8, 4) is 0 Å². The SMILES string of the molecule is Nc1ccccc1CC(=O)[O-]. The molecule has 0 radical (unpaired) electrons. The van der Waals surface area contributed by atoms with Crippen LogP contribution in [0.3, 0.4) is 0 Å². The lowest BCUT2D eigenvalue weighted by Gasteiger charge is -2.04. The Morgan fingerprint density at radius 3 is 2.64 bits per heavy atom. The predicted molar refractivity (Wildman–Crippen MR) is 39.6 cm³/mol. The Morgan fingerprint density at radius 1 is 1.45 bits per heavy atom. The number of carbonyl (C=O) groups excluding carboxylic acids is 1. The summed E-state index contributed by atoms with van der Waals surface area (Å²) in [6, 6.07) is 6.84. The normalized spacial score (nSPS) is 9.45. The molecule has 0 unspecified atom stereocenters. The lowest BCUT2D eigenvalue weighted by atomic mass is 10.1. The van der Waals surface area contributed by atoms with E-state index < -0.39 is 5.97 Å². The number of para-hydroxylation sites is 1. The fourth-order valence-electron chi connectivity index (χ4n) is 0.851. The predicted octanol–water partition coefficient (Wildman–Crippen LogP) is -0.439. The van der Waals surface area contributed by atoms with Gasteiger partial charge in [0, 0.05) is 18.1 Å². The van der Waals surface area contributed by atoms with Gasteiger partial charge in [0.25, 0.3) is 0 Å². The number of benzene rings is 1. The van der Waals surface area contributed by atoms with E-state index in [1.54, 1.807) is 24.3 Å².